The molecule has 7 nitrogen and oxygen atoms in total. The highest BCUT2D eigenvalue weighted by atomic mass is 16.5. The Labute approximate surface area is 200 Å². The van der Waals surface area contributed by atoms with Crippen molar-refractivity contribution in [1.82, 2.24) is 4.98 Å². The van der Waals surface area contributed by atoms with Crippen LogP contribution < -0.4 is 26.7 Å². The van der Waals surface area contributed by atoms with Crippen LogP contribution in [-0.2, 0) is 4.74 Å². The normalized spacial score (nSPS) is 16.0. The van der Waals surface area contributed by atoms with Crippen LogP contribution in [-0.4, -0.2) is 37.0 Å². The SMILES string of the molecule is CCC1=C(Nc2ccc(N3CCOCC3)cc2)Nc2c(ccnc2-c2cccc(N)c2)C(=[NH2+])C1. The second kappa shape index (κ2) is 9.57. The number of nitrogens with zero attached hydrogens (tertiary/aromatic N) is 2. The van der Waals surface area contributed by atoms with Gasteiger partial charge in [0, 0.05) is 41.9 Å². The summed E-state index contributed by atoms with van der Waals surface area (Å²) in [4.78, 5) is 7.03. The summed E-state index contributed by atoms with van der Waals surface area (Å²) in [5.41, 5.74) is 14.7. The van der Waals surface area contributed by atoms with Gasteiger partial charge in [-0.25, -0.2) is 0 Å². The van der Waals surface area contributed by atoms with Crippen molar-refractivity contribution in [2.24, 2.45) is 0 Å². The van der Waals surface area contributed by atoms with E-state index in [1.165, 1.54) is 11.3 Å². The van der Waals surface area contributed by atoms with Gasteiger partial charge in [0.05, 0.1) is 36.6 Å². The van der Waals surface area contributed by atoms with Gasteiger partial charge in [-0.3, -0.25) is 10.4 Å². The summed E-state index contributed by atoms with van der Waals surface area (Å²) < 4.78 is 5.47. The summed E-state index contributed by atoms with van der Waals surface area (Å²) in [5, 5.41) is 13.8. The van der Waals surface area contributed by atoms with Crippen LogP contribution in [0.1, 0.15) is 25.3 Å². The van der Waals surface area contributed by atoms with Gasteiger partial charge in [-0.05, 0) is 54.5 Å². The largest absolute Gasteiger partial charge is 0.399 e. The lowest BCUT2D eigenvalue weighted by Gasteiger charge is -2.29. The Morgan fingerprint density at radius 2 is 1.91 bits per heavy atom. The molecule has 0 amide bonds. The summed E-state index contributed by atoms with van der Waals surface area (Å²) in [5.74, 6) is 0.946. The lowest BCUT2D eigenvalue weighted by Crippen LogP contribution is -2.40. The van der Waals surface area contributed by atoms with Crippen LogP contribution in [0.3, 0.4) is 0 Å². The van der Waals surface area contributed by atoms with Crippen LogP contribution in [0.5, 0.6) is 0 Å². The van der Waals surface area contributed by atoms with E-state index in [4.69, 9.17) is 15.9 Å². The van der Waals surface area contributed by atoms with Gasteiger partial charge in [0.25, 0.3) is 0 Å². The molecule has 0 saturated carbocycles. The third-order valence-electron chi connectivity index (χ3n) is 6.40. The van der Waals surface area contributed by atoms with Crippen LogP contribution in [0.2, 0.25) is 0 Å². The van der Waals surface area contributed by atoms with E-state index in [1.807, 2.05) is 30.3 Å². The number of benzene rings is 2. The fraction of sp³-hybridized carbons (Fsp3) is 0.259. The maximum absolute atomic E-state index is 6.59. The molecule has 174 valence electrons. The molecular formula is C27H31N6O+. The first kappa shape index (κ1) is 22.0. The van der Waals surface area contributed by atoms with Gasteiger partial charge in [0.2, 0.25) is 0 Å². The van der Waals surface area contributed by atoms with E-state index in [2.05, 4.69) is 51.7 Å². The Hall–Kier alpha value is -3.84. The van der Waals surface area contributed by atoms with Crippen LogP contribution in [0.15, 0.2) is 72.2 Å². The number of allylic oxidation sites excluding steroid dienone is 1. The molecule has 3 heterocycles. The van der Waals surface area contributed by atoms with Crippen molar-refractivity contribution in [3.05, 3.63) is 77.8 Å². The second-order valence-electron chi connectivity index (χ2n) is 8.64. The highest BCUT2D eigenvalue weighted by Crippen LogP contribution is 2.35. The number of morpholine rings is 1. The van der Waals surface area contributed by atoms with Crippen LogP contribution in [0.25, 0.3) is 11.3 Å². The molecule has 34 heavy (non-hydrogen) atoms. The smallest absolute Gasteiger partial charge is 0.186 e. The van der Waals surface area contributed by atoms with Crippen molar-refractivity contribution in [3.8, 4) is 11.3 Å². The molecule has 5 rings (SSSR count). The number of pyridine rings is 1. The molecule has 1 aromatic heterocycles. The number of ether oxygens (including phenoxy) is 1. The van der Waals surface area contributed by atoms with Crippen LogP contribution in [0.4, 0.5) is 22.7 Å². The number of hydrogen-bond donors (Lipinski definition) is 4. The van der Waals surface area contributed by atoms with E-state index < -0.39 is 0 Å². The van der Waals surface area contributed by atoms with Crippen molar-refractivity contribution < 1.29 is 10.1 Å². The summed E-state index contributed by atoms with van der Waals surface area (Å²) in [6, 6.07) is 18.3. The summed E-state index contributed by atoms with van der Waals surface area (Å²) in [6.07, 6.45) is 3.36. The number of nitrogens with two attached hydrogens (primary N) is 2. The molecule has 0 spiro atoms. The predicted octanol–water partition coefficient (Wildman–Crippen LogP) is 3.26. The zero-order chi connectivity index (χ0) is 23.5. The number of hydrogen-bond acceptors (Lipinski definition) is 6. The molecule has 1 fully saturated rings. The monoisotopic (exact) mass is 455 g/mol. The summed E-state index contributed by atoms with van der Waals surface area (Å²) >= 11 is 0. The van der Waals surface area contributed by atoms with E-state index in [1.54, 1.807) is 6.20 Å². The number of nitrogens with one attached hydrogen (secondary N) is 2. The quantitative estimate of drug-likeness (QED) is 0.441. The zero-order valence-electron chi connectivity index (χ0n) is 19.5. The van der Waals surface area contributed by atoms with E-state index >= 15 is 0 Å². The molecule has 6 N–H and O–H groups in total. The number of nitrogen functional groups attached to an aromatic ring is 1. The molecule has 0 bridgehead atoms. The van der Waals surface area contributed by atoms with Crippen molar-refractivity contribution >= 4 is 28.5 Å². The molecule has 2 aliphatic heterocycles. The standard InChI is InChI=1S/C27H30N6O/c1-2-18-17-24(29)23-10-11-30-25(19-4-3-5-20(28)16-19)26(23)32-27(18)31-21-6-8-22(9-7-21)33-12-14-34-15-13-33/h3-11,16,29,31-32H,2,12-15,17,28H2,1H3/p+1. The van der Waals surface area contributed by atoms with E-state index in [0.717, 1.165) is 72.5 Å². The molecule has 1 saturated heterocycles. The second-order valence-corrected chi connectivity index (χ2v) is 8.64. The zero-order valence-corrected chi connectivity index (χ0v) is 19.5. The molecular weight excluding hydrogens is 424 g/mol. The lowest BCUT2D eigenvalue weighted by atomic mass is 9.99. The first-order chi connectivity index (χ1) is 16.6. The first-order valence-corrected chi connectivity index (χ1v) is 11.8. The maximum atomic E-state index is 6.59. The van der Waals surface area contributed by atoms with Gasteiger partial charge in [0.1, 0.15) is 5.82 Å². The van der Waals surface area contributed by atoms with Crippen molar-refractivity contribution in [2.45, 2.75) is 19.8 Å². The molecule has 7 heteroatoms. The number of anilines is 4. The predicted molar refractivity (Wildman–Crippen MR) is 139 cm³/mol. The number of fused-ring (bicyclic) bond motifs is 1. The molecule has 2 aromatic carbocycles. The van der Waals surface area contributed by atoms with Gasteiger partial charge < -0.3 is 26.0 Å². The van der Waals surface area contributed by atoms with Crippen molar-refractivity contribution in [1.29, 1.82) is 0 Å². The summed E-state index contributed by atoms with van der Waals surface area (Å²) in [7, 11) is 0. The van der Waals surface area contributed by atoms with E-state index in [-0.39, 0.29) is 0 Å². The van der Waals surface area contributed by atoms with Gasteiger partial charge in [-0.2, -0.15) is 0 Å². The minimum absolute atomic E-state index is 0.686. The minimum atomic E-state index is 0.686. The van der Waals surface area contributed by atoms with E-state index in [9.17, 15) is 0 Å². The minimum Gasteiger partial charge on any atom is -0.399 e. The maximum Gasteiger partial charge on any atom is 0.186 e. The number of aromatic nitrogens is 1. The van der Waals surface area contributed by atoms with E-state index in [0.29, 0.717) is 12.1 Å². The lowest BCUT2D eigenvalue weighted by molar-refractivity contribution is -0.114. The highest BCUT2D eigenvalue weighted by Gasteiger charge is 2.25. The van der Waals surface area contributed by atoms with Gasteiger partial charge in [-0.15, -0.1) is 0 Å². The fourth-order valence-electron chi connectivity index (χ4n) is 4.53. The Morgan fingerprint density at radius 3 is 2.65 bits per heavy atom. The van der Waals surface area contributed by atoms with Gasteiger partial charge >= 0.3 is 0 Å². The Balaban J connectivity index is 1.47. The van der Waals surface area contributed by atoms with Crippen LogP contribution >= 0.6 is 0 Å². The highest BCUT2D eigenvalue weighted by molar-refractivity contribution is 6.06. The topological polar surface area (TPSA) is 101 Å². The molecule has 0 atom stereocenters. The van der Waals surface area contributed by atoms with Gasteiger partial charge in [0.15, 0.2) is 5.71 Å². The fourth-order valence-corrected chi connectivity index (χ4v) is 4.53. The Kier molecular flexibility index (Phi) is 6.18. The molecule has 0 aliphatic carbocycles. The number of rotatable bonds is 5. The van der Waals surface area contributed by atoms with Gasteiger partial charge in [-0.1, -0.05) is 19.1 Å². The van der Waals surface area contributed by atoms with Crippen molar-refractivity contribution in [2.75, 3.05) is 47.6 Å². The molecule has 0 unspecified atom stereocenters. The van der Waals surface area contributed by atoms with Crippen LogP contribution in [0, 0.1) is 0 Å². The Bertz CT molecular complexity index is 1230. The Morgan fingerprint density at radius 1 is 1.12 bits per heavy atom. The summed E-state index contributed by atoms with van der Waals surface area (Å²) in [6.45, 7) is 5.55. The third kappa shape index (κ3) is 4.47. The molecule has 3 aromatic rings. The average molecular weight is 456 g/mol. The molecule has 0 radical (unpaired) electrons. The van der Waals surface area contributed by atoms with Crippen molar-refractivity contribution in [3.63, 3.8) is 0 Å². The first-order valence-electron chi connectivity index (χ1n) is 11.8. The molecule has 2 aliphatic rings. The average Bonchev–Trinajstić information content (AvgIpc) is 3.01. The third-order valence-corrected chi connectivity index (χ3v) is 6.40.